The van der Waals surface area contributed by atoms with Crippen molar-refractivity contribution < 1.29 is 9.53 Å². The van der Waals surface area contributed by atoms with Gasteiger partial charge in [-0.15, -0.1) is 0 Å². The molecule has 0 radical (unpaired) electrons. The summed E-state index contributed by atoms with van der Waals surface area (Å²) in [6, 6.07) is 11.5. The highest BCUT2D eigenvalue weighted by molar-refractivity contribution is 6.04. The normalized spacial score (nSPS) is 13.3. The van der Waals surface area contributed by atoms with Gasteiger partial charge in [-0.25, -0.2) is 4.98 Å². The number of carbonyl (C=O) groups is 1. The molecule has 0 spiro atoms. The van der Waals surface area contributed by atoms with Crippen LogP contribution in [0.1, 0.15) is 15.9 Å². The summed E-state index contributed by atoms with van der Waals surface area (Å²) in [6.45, 7) is 0.579. The van der Waals surface area contributed by atoms with Gasteiger partial charge in [-0.2, -0.15) is 0 Å². The Bertz CT molecular complexity index is 867. The predicted molar refractivity (Wildman–Crippen MR) is 79.3 cm³/mol. The number of imidazole rings is 1. The van der Waals surface area contributed by atoms with Crippen LogP contribution in [-0.4, -0.2) is 23.0 Å². The van der Waals surface area contributed by atoms with Crippen LogP contribution < -0.4 is 10.1 Å². The molecule has 2 N–H and O–H groups in total. The molecule has 104 valence electrons. The molecule has 0 bridgehead atoms. The Balaban J connectivity index is 1.91. The molecule has 1 amide bonds. The van der Waals surface area contributed by atoms with Crippen LogP contribution in [0.5, 0.6) is 5.75 Å². The van der Waals surface area contributed by atoms with Crippen molar-refractivity contribution in [2.24, 2.45) is 0 Å². The molecule has 0 unspecified atom stereocenters. The summed E-state index contributed by atoms with van der Waals surface area (Å²) in [5.74, 6) is 1.43. The number of carbonyl (C=O) groups excluding carboxylic acids is 1. The van der Waals surface area contributed by atoms with Crippen molar-refractivity contribution in [2.75, 3.05) is 7.11 Å². The minimum Gasteiger partial charge on any atom is -0.497 e. The molecule has 3 aromatic rings. The van der Waals surface area contributed by atoms with Gasteiger partial charge in [0, 0.05) is 18.2 Å². The van der Waals surface area contributed by atoms with Gasteiger partial charge in [-0.1, -0.05) is 18.2 Å². The second-order valence-electron chi connectivity index (χ2n) is 4.99. The Morgan fingerprint density at radius 1 is 1.24 bits per heavy atom. The average Bonchev–Trinajstić information content (AvgIpc) is 3.10. The number of nitrogens with one attached hydrogen (secondary N) is 2. The topological polar surface area (TPSA) is 67.0 Å². The van der Waals surface area contributed by atoms with Gasteiger partial charge in [-0.3, -0.25) is 4.79 Å². The molecule has 0 atom stereocenters. The van der Waals surface area contributed by atoms with E-state index in [1.165, 1.54) is 0 Å². The molecular weight excluding hydrogens is 266 g/mol. The fourth-order valence-electron chi connectivity index (χ4n) is 2.72. The Hall–Kier alpha value is -2.82. The van der Waals surface area contributed by atoms with Gasteiger partial charge in [0.1, 0.15) is 11.6 Å². The van der Waals surface area contributed by atoms with Gasteiger partial charge in [-0.05, 0) is 17.7 Å². The lowest BCUT2D eigenvalue weighted by Crippen LogP contribution is -2.13. The van der Waals surface area contributed by atoms with Crippen LogP contribution in [0, 0.1) is 0 Å². The maximum absolute atomic E-state index is 12.0. The lowest BCUT2D eigenvalue weighted by molar-refractivity contribution is 0.0966. The minimum atomic E-state index is -0.0429. The zero-order valence-corrected chi connectivity index (χ0v) is 11.4. The second-order valence-corrected chi connectivity index (χ2v) is 4.99. The average molecular weight is 279 g/mol. The first kappa shape index (κ1) is 12.0. The Morgan fingerprint density at radius 2 is 2.14 bits per heavy atom. The number of fused-ring (bicyclic) bond motifs is 2. The van der Waals surface area contributed by atoms with Crippen molar-refractivity contribution in [3.8, 4) is 17.1 Å². The molecule has 0 aliphatic carbocycles. The van der Waals surface area contributed by atoms with Gasteiger partial charge in [0.25, 0.3) is 5.91 Å². The Labute approximate surface area is 121 Å². The van der Waals surface area contributed by atoms with Crippen molar-refractivity contribution in [3.05, 3.63) is 47.5 Å². The van der Waals surface area contributed by atoms with Gasteiger partial charge < -0.3 is 15.0 Å². The van der Waals surface area contributed by atoms with Crippen molar-refractivity contribution in [1.82, 2.24) is 15.3 Å². The van der Waals surface area contributed by atoms with E-state index in [0.717, 1.165) is 27.9 Å². The molecule has 0 fully saturated rings. The fourth-order valence-corrected chi connectivity index (χ4v) is 2.72. The monoisotopic (exact) mass is 279 g/mol. The molecule has 4 rings (SSSR count). The molecule has 5 nitrogen and oxygen atoms in total. The number of hydrogen-bond donors (Lipinski definition) is 2. The van der Waals surface area contributed by atoms with E-state index in [1.807, 2.05) is 36.4 Å². The molecular formula is C16H13N3O2. The van der Waals surface area contributed by atoms with Crippen molar-refractivity contribution in [1.29, 1.82) is 0 Å². The fraction of sp³-hybridized carbons (Fsp3) is 0.125. The van der Waals surface area contributed by atoms with E-state index in [2.05, 4.69) is 15.3 Å². The summed E-state index contributed by atoms with van der Waals surface area (Å²) in [4.78, 5) is 19.8. The lowest BCUT2D eigenvalue weighted by atomic mass is 10.0. The van der Waals surface area contributed by atoms with E-state index in [4.69, 9.17) is 4.74 Å². The van der Waals surface area contributed by atoms with Crippen LogP contribution in [0.25, 0.3) is 22.4 Å². The number of rotatable bonds is 2. The molecule has 1 aliphatic heterocycles. The van der Waals surface area contributed by atoms with E-state index in [1.54, 1.807) is 7.11 Å². The molecule has 5 heteroatoms. The van der Waals surface area contributed by atoms with Gasteiger partial charge >= 0.3 is 0 Å². The number of benzene rings is 2. The van der Waals surface area contributed by atoms with Crippen LogP contribution in [0.2, 0.25) is 0 Å². The third kappa shape index (κ3) is 1.78. The summed E-state index contributed by atoms with van der Waals surface area (Å²) in [6.07, 6.45) is 0. The number of aromatic nitrogens is 2. The summed E-state index contributed by atoms with van der Waals surface area (Å²) in [5, 5.41) is 2.85. The first-order chi connectivity index (χ1) is 10.3. The van der Waals surface area contributed by atoms with Crippen molar-refractivity contribution >= 4 is 16.9 Å². The molecule has 2 heterocycles. The van der Waals surface area contributed by atoms with Crippen LogP contribution in [0.3, 0.4) is 0 Å². The number of ether oxygens (including phenoxy) is 1. The zero-order chi connectivity index (χ0) is 14.4. The van der Waals surface area contributed by atoms with Gasteiger partial charge in [0.15, 0.2) is 0 Å². The smallest absolute Gasteiger partial charge is 0.252 e. The number of aromatic amines is 1. The van der Waals surface area contributed by atoms with Gasteiger partial charge in [0.05, 0.1) is 23.7 Å². The summed E-state index contributed by atoms with van der Waals surface area (Å²) in [7, 11) is 1.63. The summed E-state index contributed by atoms with van der Waals surface area (Å²) < 4.78 is 5.22. The van der Waals surface area contributed by atoms with Crippen LogP contribution >= 0.6 is 0 Å². The predicted octanol–water partition coefficient (Wildman–Crippen LogP) is 2.48. The first-order valence-electron chi connectivity index (χ1n) is 6.70. The van der Waals surface area contributed by atoms with E-state index < -0.39 is 0 Å². The highest BCUT2D eigenvalue weighted by atomic mass is 16.5. The highest BCUT2D eigenvalue weighted by Crippen LogP contribution is 2.29. The molecule has 0 saturated heterocycles. The number of methoxy groups -OCH3 is 1. The number of H-pyrrole nitrogens is 1. The number of nitrogens with zero attached hydrogens (tertiary/aromatic N) is 1. The van der Waals surface area contributed by atoms with E-state index >= 15 is 0 Å². The Kier molecular flexibility index (Phi) is 2.47. The zero-order valence-electron chi connectivity index (χ0n) is 11.4. The first-order valence-corrected chi connectivity index (χ1v) is 6.70. The van der Waals surface area contributed by atoms with E-state index in [-0.39, 0.29) is 5.91 Å². The second kappa shape index (κ2) is 4.34. The maximum Gasteiger partial charge on any atom is 0.252 e. The number of hydrogen-bond acceptors (Lipinski definition) is 3. The quantitative estimate of drug-likeness (QED) is 0.757. The SMILES string of the molecule is COc1ccc2nc(-c3cccc4c3C(=O)NC4)[nH]c2c1. The Morgan fingerprint density at radius 3 is 3.00 bits per heavy atom. The molecule has 1 aromatic heterocycles. The summed E-state index contributed by atoms with van der Waals surface area (Å²) >= 11 is 0. The molecule has 2 aromatic carbocycles. The summed E-state index contributed by atoms with van der Waals surface area (Å²) in [5.41, 5.74) is 4.29. The van der Waals surface area contributed by atoms with Crippen molar-refractivity contribution in [3.63, 3.8) is 0 Å². The maximum atomic E-state index is 12.0. The molecule has 1 aliphatic rings. The molecule has 21 heavy (non-hydrogen) atoms. The lowest BCUT2D eigenvalue weighted by Gasteiger charge is -2.02. The molecule has 0 saturated carbocycles. The third-order valence-corrected chi connectivity index (χ3v) is 3.76. The van der Waals surface area contributed by atoms with Crippen LogP contribution in [0.4, 0.5) is 0 Å². The standard InChI is InChI=1S/C16H13N3O2/c1-21-10-5-6-12-13(7-10)19-15(18-12)11-4-2-3-9-8-17-16(20)14(9)11/h2-7H,8H2,1H3,(H,17,20)(H,18,19). The van der Waals surface area contributed by atoms with E-state index in [9.17, 15) is 4.79 Å². The van der Waals surface area contributed by atoms with Crippen LogP contribution in [-0.2, 0) is 6.54 Å². The van der Waals surface area contributed by atoms with Crippen molar-refractivity contribution in [2.45, 2.75) is 6.54 Å². The third-order valence-electron chi connectivity index (χ3n) is 3.76. The minimum absolute atomic E-state index is 0.0429. The largest absolute Gasteiger partial charge is 0.497 e. The number of amides is 1. The van der Waals surface area contributed by atoms with E-state index in [0.29, 0.717) is 17.9 Å². The van der Waals surface area contributed by atoms with Crippen LogP contribution in [0.15, 0.2) is 36.4 Å². The van der Waals surface area contributed by atoms with Gasteiger partial charge in [0.2, 0.25) is 0 Å². The highest BCUT2D eigenvalue weighted by Gasteiger charge is 2.24.